The van der Waals surface area contributed by atoms with E-state index in [0.29, 0.717) is 44.0 Å². The molecule has 0 saturated carbocycles. The van der Waals surface area contributed by atoms with Gasteiger partial charge in [0.1, 0.15) is 5.75 Å². The molecule has 31 heavy (non-hydrogen) atoms. The number of ether oxygens (including phenoxy) is 1. The van der Waals surface area contributed by atoms with E-state index >= 15 is 0 Å². The van der Waals surface area contributed by atoms with Crippen molar-refractivity contribution in [2.24, 2.45) is 0 Å². The number of carbonyl (C=O) groups excluding carboxylic acids is 1. The Balaban J connectivity index is 1.69. The molecule has 1 amide bonds. The van der Waals surface area contributed by atoms with Crippen molar-refractivity contribution >= 4 is 58.2 Å². The van der Waals surface area contributed by atoms with Gasteiger partial charge in [0.05, 0.1) is 21.5 Å². The van der Waals surface area contributed by atoms with Crippen LogP contribution in [0.2, 0.25) is 15.1 Å². The third-order valence-corrected chi connectivity index (χ3v) is 5.94. The summed E-state index contributed by atoms with van der Waals surface area (Å²) in [6.07, 6.45) is 1.31. The van der Waals surface area contributed by atoms with Crippen molar-refractivity contribution < 1.29 is 9.53 Å². The number of carbonyl (C=O) groups is 1. The lowest BCUT2D eigenvalue weighted by atomic mass is 10.3. The van der Waals surface area contributed by atoms with Gasteiger partial charge >= 0.3 is 0 Å². The fraction of sp³-hybridized carbons (Fsp3) is 0.190. The molecule has 0 fully saturated rings. The van der Waals surface area contributed by atoms with Gasteiger partial charge in [-0.15, -0.1) is 16.8 Å². The lowest BCUT2D eigenvalue weighted by Gasteiger charge is -2.16. The van der Waals surface area contributed by atoms with Crippen molar-refractivity contribution in [1.29, 1.82) is 0 Å². The molecule has 2 aromatic carbocycles. The van der Waals surface area contributed by atoms with Gasteiger partial charge in [-0.05, 0) is 37.3 Å². The first kappa shape index (κ1) is 23.5. The number of amides is 1. The van der Waals surface area contributed by atoms with E-state index < -0.39 is 6.10 Å². The van der Waals surface area contributed by atoms with Crippen molar-refractivity contribution in [3.05, 3.63) is 76.0 Å². The standard InChI is InChI=1S/C21H19Cl3N4O2S/c1-3-10-28-20(13(2)30-18-7-5-4-6-16(18)24)26-27-21(28)31-12-19(29)25-17-11-14(22)8-9-15(17)23/h3-9,11,13H,1,10,12H2,2H3,(H,25,29). The molecule has 1 unspecified atom stereocenters. The molecule has 6 nitrogen and oxygen atoms in total. The van der Waals surface area contributed by atoms with Crippen LogP contribution >= 0.6 is 46.6 Å². The molecule has 0 bridgehead atoms. The van der Waals surface area contributed by atoms with Crippen LogP contribution in [0.5, 0.6) is 5.75 Å². The third kappa shape index (κ3) is 6.17. The van der Waals surface area contributed by atoms with Crippen molar-refractivity contribution in [3.8, 4) is 5.75 Å². The number of aromatic nitrogens is 3. The summed E-state index contributed by atoms with van der Waals surface area (Å²) >= 11 is 19.5. The highest BCUT2D eigenvalue weighted by Crippen LogP contribution is 2.30. The molecular weight excluding hydrogens is 479 g/mol. The predicted molar refractivity (Wildman–Crippen MR) is 127 cm³/mol. The maximum absolute atomic E-state index is 12.4. The minimum Gasteiger partial charge on any atom is -0.481 e. The molecule has 0 spiro atoms. The molecule has 162 valence electrons. The van der Waals surface area contributed by atoms with E-state index in [1.807, 2.05) is 23.6 Å². The zero-order valence-electron chi connectivity index (χ0n) is 16.5. The van der Waals surface area contributed by atoms with Crippen LogP contribution in [0.3, 0.4) is 0 Å². The Morgan fingerprint density at radius 3 is 2.74 bits per heavy atom. The Morgan fingerprint density at radius 2 is 2.00 bits per heavy atom. The van der Waals surface area contributed by atoms with Gasteiger partial charge in [0, 0.05) is 11.6 Å². The summed E-state index contributed by atoms with van der Waals surface area (Å²) in [4.78, 5) is 12.4. The van der Waals surface area contributed by atoms with E-state index in [2.05, 4.69) is 22.1 Å². The maximum Gasteiger partial charge on any atom is 0.234 e. The highest BCUT2D eigenvalue weighted by Gasteiger charge is 2.20. The molecule has 10 heteroatoms. The topological polar surface area (TPSA) is 69.0 Å². The predicted octanol–water partition coefficient (Wildman–Crippen LogP) is 6.30. The van der Waals surface area contributed by atoms with E-state index in [1.165, 1.54) is 11.8 Å². The van der Waals surface area contributed by atoms with Crippen LogP contribution in [0.1, 0.15) is 18.9 Å². The zero-order valence-corrected chi connectivity index (χ0v) is 19.6. The summed E-state index contributed by atoms with van der Waals surface area (Å²) in [6.45, 7) is 6.11. The summed E-state index contributed by atoms with van der Waals surface area (Å²) in [5, 5.41) is 13.2. The summed E-state index contributed by atoms with van der Waals surface area (Å²) in [7, 11) is 0. The highest BCUT2D eigenvalue weighted by molar-refractivity contribution is 7.99. The van der Waals surface area contributed by atoms with Crippen LogP contribution in [0, 0.1) is 0 Å². The first-order valence-electron chi connectivity index (χ1n) is 9.22. The van der Waals surface area contributed by atoms with Crippen LogP contribution < -0.4 is 10.1 Å². The molecule has 0 aliphatic rings. The summed E-state index contributed by atoms with van der Waals surface area (Å²) < 4.78 is 7.80. The van der Waals surface area contributed by atoms with Crippen molar-refractivity contribution in [2.75, 3.05) is 11.1 Å². The Hall–Kier alpha value is -2.19. The summed E-state index contributed by atoms with van der Waals surface area (Å²) in [5.41, 5.74) is 0.453. The fourth-order valence-corrected chi connectivity index (χ4v) is 3.97. The number of benzene rings is 2. The quantitative estimate of drug-likeness (QED) is 0.278. The van der Waals surface area contributed by atoms with Crippen LogP contribution in [0.4, 0.5) is 5.69 Å². The zero-order chi connectivity index (χ0) is 22.4. The molecule has 0 aliphatic heterocycles. The molecule has 0 aliphatic carbocycles. The van der Waals surface area contributed by atoms with E-state index in [1.54, 1.807) is 36.4 Å². The molecule has 0 radical (unpaired) electrons. The molecule has 1 heterocycles. The van der Waals surface area contributed by atoms with Crippen molar-refractivity contribution in [2.45, 2.75) is 24.7 Å². The summed E-state index contributed by atoms with van der Waals surface area (Å²) in [6, 6.07) is 12.1. The highest BCUT2D eigenvalue weighted by atomic mass is 35.5. The lowest BCUT2D eigenvalue weighted by molar-refractivity contribution is -0.113. The number of nitrogens with zero attached hydrogens (tertiary/aromatic N) is 3. The monoisotopic (exact) mass is 496 g/mol. The normalized spacial score (nSPS) is 11.7. The second-order valence-corrected chi connectivity index (χ2v) is 8.58. The number of para-hydroxylation sites is 1. The average molecular weight is 498 g/mol. The van der Waals surface area contributed by atoms with Gasteiger partial charge in [-0.3, -0.25) is 9.36 Å². The van der Waals surface area contributed by atoms with E-state index in [-0.39, 0.29) is 11.7 Å². The van der Waals surface area contributed by atoms with Gasteiger partial charge in [-0.1, -0.05) is 64.8 Å². The molecule has 3 aromatic rings. The molecule has 1 atom stereocenters. The van der Waals surface area contributed by atoms with E-state index in [9.17, 15) is 4.79 Å². The number of anilines is 1. The fourth-order valence-electron chi connectivity index (χ4n) is 2.70. The number of rotatable bonds is 9. The molecule has 3 rings (SSSR count). The Labute approximate surface area is 199 Å². The number of hydrogen-bond donors (Lipinski definition) is 1. The molecular formula is C21H19Cl3N4O2S. The first-order valence-corrected chi connectivity index (χ1v) is 11.3. The SMILES string of the molecule is C=CCn1c(SCC(=O)Nc2cc(Cl)ccc2Cl)nnc1C(C)Oc1ccccc1Cl. The largest absolute Gasteiger partial charge is 0.481 e. The maximum atomic E-state index is 12.4. The lowest BCUT2D eigenvalue weighted by Crippen LogP contribution is -2.16. The van der Waals surface area contributed by atoms with Gasteiger partial charge in [0.25, 0.3) is 0 Å². The van der Waals surface area contributed by atoms with E-state index in [4.69, 9.17) is 39.5 Å². The number of allylic oxidation sites excluding steroid dienone is 1. The first-order chi connectivity index (χ1) is 14.9. The van der Waals surface area contributed by atoms with Gasteiger partial charge in [0.2, 0.25) is 5.91 Å². The number of halogens is 3. The second kappa shape index (κ2) is 10.9. The molecule has 0 saturated heterocycles. The van der Waals surface area contributed by atoms with Crippen LogP contribution in [-0.2, 0) is 11.3 Å². The molecule has 1 N–H and O–H groups in total. The average Bonchev–Trinajstić information content (AvgIpc) is 3.14. The molecule has 1 aromatic heterocycles. The Morgan fingerprint density at radius 1 is 1.23 bits per heavy atom. The number of hydrogen-bond acceptors (Lipinski definition) is 5. The van der Waals surface area contributed by atoms with Crippen LogP contribution in [-0.4, -0.2) is 26.4 Å². The van der Waals surface area contributed by atoms with Gasteiger partial charge in [0.15, 0.2) is 17.1 Å². The van der Waals surface area contributed by atoms with Gasteiger partial charge in [-0.25, -0.2) is 0 Å². The minimum atomic E-state index is -0.416. The number of thioether (sulfide) groups is 1. The smallest absolute Gasteiger partial charge is 0.234 e. The number of nitrogens with one attached hydrogen (secondary N) is 1. The van der Waals surface area contributed by atoms with Crippen LogP contribution in [0.15, 0.2) is 60.3 Å². The summed E-state index contributed by atoms with van der Waals surface area (Å²) in [5.74, 6) is 1.01. The van der Waals surface area contributed by atoms with Crippen LogP contribution in [0.25, 0.3) is 0 Å². The Bertz CT molecular complexity index is 1090. The third-order valence-electron chi connectivity index (χ3n) is 4.10. The van der Waals surface area contributed by atoms with Gasteiger partial charge in [-0.2, -0.15) is 0 Å². The van der Waals surface area contributed by atoms with Gasteiger partial charge < -0.3 is 10.1 Å². The second-order valence-electron chi connectivity index (χ2n) is 6.39. The van der Waals surface area contributed by atoms with E-state index in [0.717, 1.165) is 0 Å². The van der Waals surface area contributed by atoms with Crippen molar-refractivity contribution in [3.63, 3.8) is 0 Å². The Kier molecular flexibility index (Phi) is 8.26. The minimum absolute atomic E-state index is 0.109. The van der Waals surface area contributed by atoms with Crippen molar-refractivity contribution in [1.82, 2.24) is 14.8 Å².